The van der Waals surface area contributed by atoms with Gasteiger partial charge in [0.15, 0.2) is 0 Å². The molecule has 0 unspecified atom stereocenters. The molecule has 50 valence electrons. The standard InChI is InChI=1S/C5H8N2O2/c1-3(2)4-5(8)7-9-6-4/h3H,1-2H3,(H,7,8)/p-1. The van der Waals surface area contributed by atoms with Crippen LogP contribution in [0.5, 0.6) is 5.88 Å². The highest BCUT2D eigenvalue weighted by Gasteiger charge is 2.04. The van der Waals surface area contributed by atoms with Gasteiger partial charge < -0.3 is 5.11 Å². The van der Waals surface area contributed by atoms with Gasteiger partial charge in [-0.1, -0.05) is 24.2 Å². The Hall–Kier alpha value is -1.06. The maximum atomic E-state index is 10.6. The van der Waals surface area contributed by atoms with Gasteiger partial charge in [0.2, 0.25) is 0 Å². The maximum absolute atomic E-state index is 10.6. The zero-order valence-electron chi connectivity index (χ0n) is 5.29. The van der Waals surface area contributed by atoms with Crippen molar-refractivity contribution < 1.29 is 9.74 Å². The van der Waals surface area contributed by atoms with Crippen molar-refractivity contribution in [3.63, 3.8) is 0 Å². The molecule has 0 aromatic carbocycles. The Morgan fingerprint density at radius 3 is 2.33 bits per heavy atom. The van der Waals surface area contributed by atoms with Crippen LogP contribution in [-0.2, 0) is 0 Å². The van der Waals surface area contributed by atoms with Gasteiger partial charge in [-0.15, -0.1) is 0 Å². The van der Waals surface area contributed by atoms with Gasteiger partial charge in [0.25, 0.3) is 0 Å². The SMILES string of the molecule is CC(C)c1nonc1[O-]. The van der Waals surface area contributed by atoms with Gasteiger partial charge in [0.05, 0.1) is 11.6 Å². The summed E-state index contributed by atoms with van der Waals surface area (Å²) in [5, 5.41) is 17.1. The molecule has 0 N–H and O–H groups in total. The van der Waals surface area contributed by atoms with Crippen molar-refractivity contribution in [1.29, 1.82) is 0 Å². The summed E-state index contributed by atoms with van der Waals surface area (Å²) in [5.74, 6) is -0.256. The number of rotatable bonds is 1. The summed E-state index contributed by atoms with van der Waals surface area (Å²) >= 11 is 0. The fourth-order valence-corrected chi connectivity index (χ4v) is 0.540. The van der Waals surface area contributed by atoms with E-state index >= 15 is 0 Å². The predicted octanol–water partition coefficient (Wildman–Crippen LogP) is 0.267. The van der Waals surface area contributed by atoms with E-state index in [0.717, 1.165) is 0 Å². The van der Waals surface area contributed by atoms with E-state index in [0.29, 0.717) is 5.69 Å². The highest BCUT2D eigenvalue weighted by atomic mass is 16.6. The van der Waals surface area contributed by atoms with E-state index in [1.165, 1.54) is 0 Å². The van der Waals surface area contributed by atoms with Gasteiger partial charge in [0, 0.05) is 5.92 Å². The largest absolute Gasteiger partial charge is 0.855 e. The first-order chi connectivity index (χ1) is 4.22. The Bertz CT molecular complexity index is 195. The van der Waals surface area contributed by atoms with Crippen LogP contribution < -0.4 is 5.11 Å². The average molecular weight is 127 g/mol. The second-order valence-corrected chi connectivity index (χ2v) is 2.11. The molecule has 0 saturated carbocycles. The van der Waals surface area contributed by atoms with Crippen LogP contribution >= 0.6 is 0 Å². The van der Waals surface area contributed by atoms with Crippen LogP contribution in [-0.4, -0.2) is 10.3 Å². The molecule has 4 heteroatoms. The summed E-state index contributed by atoms with van der Waals surface area (Å²) in [6.07, 6.45) is 0. The van der Waals surface area contributed by atoms with Crippen molar-refractivity contribution in [3.8, 4) is 5.88 Å². The minimum absolute atomic E-state index is 0.101. The van der Waals surface area contributed by atoms with Gasteiger partial charge in [-0.05, 0) is 0 Å². The fraction of sp³-hybridized carbons (Fsp3) is 0.600. The smallest absolute Gasteiger partial charge is 0.0997 e. The highest BCUT2D eigenvalue weighted by Crippen LogP contribution is 2.16. The molecule has 1 rings (SSSR count). The van der Waals surface area contributed by atoms with Crippen molar-refractivity contribution in [2.75, 3.05) is 0 Å². The van der Waals surface area contributed by atoms with E-state index < -0.39 is 0 Å². The molecule has 0 aliphatic carbocycles. The molecule has 0 atom stereocenters. The lowest BCUT2D eigenvalue weighted by atomic mass is 10.1. The van der Waals surface area contributed by atoms with Gasteiger partial charge in [-0.3, -0.25) is 0 Å². The molecule has 4 nitrogen and oxygen atoms in total. The number of aromatic nitrogens is 2. The lowest BCUT2D eigenvalue weighted by Crippen LogP contribution is -1.96. The molecule has 0 spiro atoms. The molecule has 0 fully saturated rings. The summed E-state index contributed by atoms with van der Waals surface area (Å²) in [4.78, 5) is 0. The Kier molecular flexibility index (Phi) is 1.38. The third kappa shape index (κ3) is 1.01. The van der Waals surface area contributed by atoms with E-state index in [1.54, 1.807) is 0 Å². The quantitative estimate of drug-likeness (QED) is 0.543. The first kappa shape index (κ1) is 6.07. The molecule has 0 aliphatic rings. The van der Waals surface area contributed by atoms with Crippen LogP contribution in [0.25, 0.3) is 0 Å². The van der Waals surface area contributed by atoms with Crippen LogP contribution in [0.3, 0.4) is 0 Å². The van der Waals surface area contributed by atoms with Crippen molar-refractivity contribution in [2.45, 2.75) is 19.8 Å². The van der Waals surface area contributed by atoms with Gasteiger partial charge in [0.1, 0.15) is 0 Å². The Balaban J connectivity index is 2.94. The third-order valence-electron chi connectivity index (χ3n) is 1.03. The van der Waals surface area contributed by atoms with Crippen LogP contribution in [0.4, 0.5) is 0 Å². The van der Waals surface area contributed by atoms with E-state index in [9.17, 15) is 5.11 Å². The average Bonchev–Trinajstić information content (AvgIpc) is 2.13. The van der Waals surface area contributed by atoms with Crippen LogP contribution in [0, 0.1) is 0 Å². The van der Waals surface area contributed by atoms with Crippen molar-refractivity contribution in [1.82, 2.24) is 10.3 Å². The summed E-state index contributed by atoms with van der Waals surface area (Å²) in [6.45, 7) is 3.72. The van der Waals surface area contributed by atoms with Crippen molar-refractivity contribution in [2.24, 2.45) is 0 Å². The van der Waals surface area contributed by atoms with Crippen molar-refractivity contribution in [3.05, 3.63) is 5.69 Å². The van der Waals surface area contributed by atoms with Crippen LogP contribution in [0.2, 0.25) is 0 Å². The molecule has 0 saturated heterocycles. The Morgan fingerprint density at radius 2 is 2.11 bits per heavy atom. The molecule has 0 bridgehead atoms. The molecule has 1 aromatic rings. The molecule has 9 heavy (non-hydrogen) atoms. The number of hydrogen-bond acceptors (Lipinski definition) is 4. The monoisotopic (exact) mass is 127 g/mol. The van der Waals surface area contributed by atoms with E-state index in [1.807, 2.05) is 13.8 Å². The summed E-state index contributed by atoms with van der Waals surface area (Å²) in [5.41, 5.74) is 0.398. The Labute approximate surface area is 52.5 Å². The van der Waals surface area contributed by atoms with Gasteiger partial charge in [-0.2, -0.15) is 0 Å². The number of hydrogen-bond donors (Lipinski definition) is 0. The zero-order valence-corrected chi connectivity index (χ0v) is 5.29. The summed E-state index contributed by atoms with van der Waals surface area (Å²) in [6, 6.07) is 0. The van der Waals surface area contributed by atoms with Crippen LogP contribution in [0.15, 0.2) is 4.63 Å². The van der Waals surface area contributed by atoms with E-state index in [4.69, 9.17) is 0 Å². The second kappa shape index (κ2) is 2.05. The van der Waals surface area contributed by atoms with Crippen molar-refractivity contribution >= 4 is 0 Å². The minimum atomic E-state index is -0.356. The maximum Gasteiger partial charge on any atom is 0.0997 e. The Morgan fingerprint density at radius 1 is 1.44 bits per heavy atom. The van der Waals surface area contributed by atoms with E-state index in [2.05, 4.69) is 14.9 Å². The topological polar surface area (TPSA) is 62.0 Å². The second-order valence-electron chi connectivity index (χ2n) is 2.11. The lowest BCUT2D eigenvalue weighted by molar-refractivity contribution is -0.278. The molecule has 0 amide bonds. The first-order valence-corrected chi connectivity index (χ1v) is 2.71. The summed E-state index contributed by atoms with van der Waals surface area (Å²) in [7, 11) is 0. The molecule has 1 heterocycles. The molecule has 1 aromatic heterocycles. The molecular weight excluding hydrogens is 120 g/mol. The van der Waals surface area contributed by atoms with Gasteiger partial charge in [-0.25, -0.2) is 4.63 Å². The number of nitrogens with zero attached hydrogens (tertiary/aromatic N) is 2. The van der Waals surface area contributed by atoms with Gasteiger partial charge >= 0.3 is 0 Å². The van der Waals surface area contributed by atoms with E-state index in [-0.39, 0.29) is 11.8 Å². The fourth-order valence-electron chi connectivity index (χ4n) is 0.540. The normalized spacial score (nSPS) is 10.6. The minimum Gasteiger partial charge on any atom is -0.855 e. The first-order valence-electron chi connectivity index (χ1n) is 2.71. The summed E-state index contributed by atoms with van der Waals surface area (Å²) < 4.78 is 4.19. The van der Waals surface area contributed by atoms with Crippen LogP contribution in [0.1, 0.15) is 25.5 Å². The molecular formula is C5H7N2O2-. The molecule has 0 aliphatic heterocycles. The highest BCUT2D eigenvalue weighted by molar-refractivity contribution is 5.13. The lowest BCUT2D eigenvalue weighted by Gasteiger charge is -2.01. The molecule has 0 radical (unpaired) electrons. The predicted molar refractivity (Wildman–Crippen MR) is 27.8 cm³/mol. The zero-order chi connectivity index (χ0) is 6.85. The third-order valence-corrected chi connectivity index (χ3v) is 1.03.